The molecule has 1 aliphatic rings. The normalized spacial score (nSPS) is 15.1. The third-order valence-corrected chi connectivity index (χ3v) is 7.38. The Morgan fingerprint density at radius 2 is 1.86 bits per heavy atom. The van der Waals surface area contributed by atoms with Crippen LogP contribution in [0.5, 0.6) is 5.88 Å². The second-order valence-corrected chi connectivity index (χ2v) is 10.0. The van der Waals surface area contributed by atoms with Gasteiger partial charge in [0.15, 0.2) is 0 Å². The first-order valence-electron chi connectivity index (χ1n) is 14.2. The lowest BCUT2D eigenvalue weighted by atomic mass is 9.98. The van der Waals surface area contributed by atoms with E-state index in [4.69, 9.17) is 4.74 Å². The van der Waals surface area contributed by atoms with Gasteiger partial charge in [-0.3, -0.25) is 9.59 Å². The van der Waals surface area contributed by atoms with Gasteiger partial charge in [-0.05, 0) is 62.9 Å². The fourth-order valence-corrected chi connectivity index (χ4v) is 5.25. The van der Waals surface area contributed by atoms with Gasteiger partial charge in [0.1, 0.15) is 11.6 Å². The fourth-order valence-electron chi connectivity index (χ4n) is 5.25. The van der Waals surface area contributed by atoms with Gasteiger partial charge in [0.05, 0.1) is 17.9 Å². The zero-order valence-corrected chi connectivity index (χ0v) is 24.3. The molecule has 12 heteroatoms. The largest absolute Gasteiger partial charge is 0.478 e. The van der Waals surface area contributed by atoms with E-state index < -0.39 is 35.4 Å². The van der Waals surface area contributed by atoms with E-state index >= 15 is 4.39 Å². The predicted molar refractivity (Wildman–Crippen MR) is 156 cm³/mol. The number of nitrogens with zero attached hydrogens (tertiary/aromatic N) is 3. The summed E-state index contributed by atoms with van der Waals surface area (Å²) in [7, 11) is 1.74. The van der Waals surface area contributed by atoms with Gasteiger partial charge in [-0.2, -0.15) is 0 Å². The van der Waals surface area contributed by atoms with Crippen molar-refractivity contribution in [1.29, 1.82) is 0 Å². The van der Waals surface area contributed by atoms with E-state index in [9.17, 15) is 22.8 Å². The zero-order valence-electron chi connectivity index (χ0n) is 24.3. The van der Waals surface area contributed by atoms with E-state index in [1.165, 1.54) is 11.1 Å². The summed E-state index contributed by atoms with van der Waals surface area (Å²) in [5.41, 5.74) is -0.191. The average molecular weight is 602 g/mol. The van der Waals surface area contributed by atoms with E-state index in [1.54, 1.807) is 38.2 Å². The summed E-state index contributed by atoms with van der Waals surface area (Å²) in [6.07, 6.45) is -0.975. The number of carbonyl (C=O) groups is 2. The predicted octanol–water partition coefficient (Wildman–Crippen LogP) is 5.05. The third-order valence-electron chi connectivity index (χ3n) is 7.38. The summed E-state index contributed by atoms with van der Waals surface area (Å²) in [6, 6.07) is 8.93. The Bertz CT molecular complexity index is 1450. The topological polar surface area (TPSA) is 86.8 Å². The summed E-state index contributed by atoms with van der Waals surface area (Å²) in [5, 5.41) is 5.70. The summed E-state index contributed by atoms with van der Waals surface area (Å²) in [6.45, 7) is 5.20. The Labute approximate surface area is 248 Å². The van der Waals surface area contributed by atoms with Crippen LogP contribution in [0.25, 0.3) is 11.1 Å². The molecule has 1 fully saturated rings. The highest BCUT2D eigenvalue weighted by atomic mass is 19.3. The number of nitrogens with one attached hydrogen (secondary N) is 2. The monoisotopic (exact) mass is 601 g/mol. The number of halogens is 4. The second kappa shape index (κ2) is 14.3. The second-order valence-electron chi connectivity index (χ2n) is 10.0. The number of anilines is 1. The number of carbonyl (C=O) groups excluding carboxylic acids is 2. The Morgan fingerprint density at radius 3 is 2.56 bits per heavy atom. The lowest BCUT2D eigenvalue weighted by molar-refractivity contribution is 0.0708. The zero-order chi connectivity index (χ0) is 31.1. The smallest absolute Gasteiger partial charge is 0.264 e. The highest BCUT2D eigenvalue weighted by molar-refractivity contribution is 6.02. The molecule has 1 aromatic heterocycles. The van der Waals surface area contributed by atoms with E-state index in [0.29, 0.717) is 36.9 Å². The number of rotatable bonds is 11. The number of amides is 2. The molecule has 2 aromatic carbocycles. The lowest BCUT2D eigenvalue weighted by Gasteiger charge is -2.43. The summed E-state index contributed by atoms with van der Waals surface area (Å²) < 4.78 is 62.9. The van der Waals surface area contributed by atoms with Crippen molar-refractivity contribution >= 4 is 17.5 Å². The molecule has 8 nitrogen and oxygen atoms in total. The minimum atomic E-state index is -3.02. The fraction of sp³-hybridized carbons (Fsp3) is 0.387. The van der Waals surface area contributed by atoms with Crippen molar-refractivity contribution in [3.63, 3.8) is 0 Å². The molecule has 0 aliphatic carbocycles. The highest BCUT2D eigenvalue weighted by Crippen LogP contribution is 2.37. The number of pyridine rings is 1. The standard InChI is InChI=1S/C31H35F4N5O3/c1-4-20-18-39(31(42)23-9-8-19(32)17-24(23)28(34)35)15-16-40(20)25-11-10-21(22-7-6-12-38-30(22)43-5-2)27(33)26(25)29(41)37-14-13-36-3/h6-12,17,20,28,36H,4-5,13-16,18H2,1-3H3,(H,37,41)/t20-/m1/s1. The Morgan fingerprint density at radius 1 is 1.07 bits per heavy atom. The number of ether oxygens (including phenoxy) is 1. The van der Waals surface area contributed by atoms with E-state index in [1.807, 2.05) is 11.8 Å². The molecule has 2 heterocycles. The lowest BCUT2D eigenvalue weighted by Crippen LogP contribution is -2.55. The molecule has 0 spiro atoms. The van der Waals surface area contributed by atoms with Crippen molar-refractivity contribution in [1.82, 2.24) is 20.5 Å². The van der Waals surface area contributed by atoms with Crippen LogP contribution in [-0.4, -0.2) is 74.1 Å². The Balaban J connectivity index is 1.71. The number of aromatic nitrogens is 1. The minimum Gasteiger partial charge on any atom is -0.478 e. The van der Waals surface area contributed by atoms with Crippen LogP contribution in [0.2, 0.25) is 0 Å². The molecule has 0 saturated carbocycles. The van der Waals surface area contributed by atoms with Crippen molar-refractivity contribution in [2.45, 2.75) is 32.7 Å². The van der Waals surface area contributed by atoms with Crippen LogP contribution in [-0.2, 0) is 0 Å². The molecule has 1 aliphatic heterocycles. The number of likely N-dealkylation sites (N-methyl/N-ethyl adjacent to an activating group) is 1. The highest BCUT2D eigenvalue weighted by Gasteiger charge is 2.34. The molecule has 3 aromatic rings. The maximum absolute atomic E-state index is 16.4. The molecular weight excluding hydrogens is 566 g/mol. The molecule has 1 saturated heterocycles. The van der Waals surface area contributed by atoms with Crippen molar-refractivity contribution in [2.75, 3.05) is 51.3 Å². The van der Waals surface area contributed by atoms with E-state index in [2.05, 4.69) is 15.6 Å². The first kappa shape index (κ1) is 31.7. The van der Waals surface area contributed by atoms with Crippen LogP contribution in [0.3, 0.4) is 0 Å². The molecule has 4 rings (SSSR count). The van der Waals surface area contributed by atoms with Crippen LogP contribution in [0.15, 0.2) is 48.7 Å². The first-order valence-corrected chi connectivity index (χ1v) is 14.2. The molecule has 0 bridgehead atoms. The minimum absolute atomic E-state index is 0.122. The Kier molecular flexibility index (Phi) is 10.6. The molecule has 0 unspecified atom stereocenters. The Hall–Kier alpha value is -4.19. The quantitative estimate of drug-likeness (QED) is 0.236. The van der Waals surface area contributed by atoms with Crippen molar-refractivity contribution < 1.29 is 31.9 Å². The van der Waals surface area contributed by atoms with Gasteiger partial charge < -0.3 is 25.2 Å². The van der Waals surface area contributed by atoms with Crippen LogP contribution >= 0.6 is 0 Å². The molecule has 230 valence electrons. The van der Waals surface area contributed by atoms with Gasteiger partial charge in [0, 0.05) is 67.2 Å². The van der Waals surface area contributed by atoms with Gasteiger partial charge in [0.2, 0.25) is 5.88 Å². The average Bonchev–Trinajstić information content (AvgIpc) is 3.00. The summed E-state index contributed by atoms with van der Waals surface area (Å²) >= 11 is 0. The number of benzene rings is 2. The molecule has 1 atom stereocenters. The maximum Gasteiger partial charge on any atom is 0.264 e. The molecule has 2 N–H and O–H groups in total. The van der Waals surface area contributed by atoms with Gasteiger partial charge in [0.25, 0.3) is 18.2 Å². The van der Waals surface area contributed by atoms with Crippen LogP contribution in [0, 0.1) is 11.6 Å². The number of alkyl halides is 2. The van der Waals surface area contributed by atoms with Gasteiger partial charge in [-0.15, -0.1) is 0 Å². The SMILES string of the molecule is CCOc1ncccc1-c1ccc(N2CCN(C(=O)c3ccc(F)cc3C(F)F)C[C@H]2CC)c(C(=O)NCCNC)c1F. The number of hydrogen-bond donors (Lipinski definition) is 2. The van der Waals surface area contributed by atoms with E-state index in [-0.39, 0.29) is 54.8 Å². The van der Waals surface area contributed by atoms with E-state index in [0.717, 1.165) is 12.1 Å². The van der Waals surface area contributed by atoms with Crippen LogP contribution in [0.1, 0.15) is 53.0 Å². The number of piperazine rings is 1. The van der Waals surface area contributed by atoms with Crippen molar-refractivity contribution in [3.05, 3.63) is 77.0 Å². The van der Waals surface area contributed by atoms with Crippen molar-refractivity contribution in [3.8, 4) is 17.0 Å². The van der Waals surface area contributed by atoms with Crippen molar-refractivity contribution in [2.24, 2.45) is 0 Å². The van der Waals surface area contributed by atoms with Crippen LogP contribution in [0.4, 0.5) is 23.2 Å². The molecule has 0 radical (unpaired) electrons. The van der Waals surface area contributed by atoms with Crippen LogP contribution < -0.4 is 20.3 Å². The van der Waals surface area contributed by atoms with Gasteiger partial charge in [-0.25, -0.2) is 22.5 Å². The maximum atomic E-state index is 16.4. The molecule has 43 heavy (non-hydrogen) atoms. The summed E-state index contributed by atoms with van der Waals surface area (Å²) in [4.78, 5) is 34.3. The van der Waals surface area contributed by atoms with Gasteiger partial charge in [-0.1, -0.05) is 6.92 Å². The third kappa shape index (κ3) is 6.90. The first-order chi connectivity index (χ1) is 20.7. The summed E-state index contributed by atoms with van der Waals surface area (Å²) in [5.74, 6) is -2.60. The van der Waals surface area contributed by atoms with Gasteiger partial charge >= 0.3 is 0 Å². The molecular formula is C31H35F4N5O3. The number of hydrogen-bond acceptors (Lipinski definition) is 6. The molecule has 2 amide bonds.